The van der Waals surface area contributed by atoms with Crippen molar-refractivity contribution < 1.29 is 14.2 Å². The van der Waals surface area contributed by atoms with Crippen molar-refractivity contribution in [1.29, 1.82) is 0 Å². The Hall–Kier alpha value is -0.740. The molecule has 8 heteroatoms. The van der Waals surface area contributed by atoms with Gasteiger partial charge in [0.05, 0.1) is 25.3 Å². The molecule has 1 atom stereocenters. The van der Waals surface area contributed by atoms with Gasteiger partial charge in [-0.1, -0.05) is 0 Å². The van der Waals surface area contributed by atoms with Crippen LogP contribution in [0.4, 0.5) is 0 Å². The average molecular weight is 502 g/mol. The zero-order chi connectivity index (χ0) is 16.5. The highest BCUT2D eigenvalue weighted by molar-refractivity contribution is 14.0. The number of benzene rings is 1. The maximum Gasteiger partial charge on any atom is 0.191 e. The van der Waals surface area contributed by atoms with Crippen LogP contribution in [-0.4, -0.2) is 47.0 Å². The van der Waals surface area contributed by atoms with Crippen LogP contribution >= 0.6 is 39.9 Å². The molecule has 0 aliphatic carbocycles. The minimum atomic E-state index is 0. The van der Waals surface area contributed by atoms with Crippen molar-refractivity contribution in [3.8, 4) is 11.5 Å². The second kappa shape index (κ2) is 11.7. The number of halogens is 2. The Morgan fingerprint density at radius 3 is 2.48 bits per heavy atom. The lowest BCUT2D eigenvalue weighted by Gasteiger charge is -2.18. The van der Waals surface area contributed by atoms with Gasteiger partial charge in [0.1, 0.15) is 0 Å². The molecule has 0 aliphatic heterocycles. The number of guanidine groups is 1. The number of hydrogen-bond donors (Lipinski definition) is 2. The Labute approximate surface area is 163 Å². The molecule has 23 heavy (non-hydrogen) atoms. The van der Waals surface area contributed by atoms with E-state index in [0.29, 0.717) is 24.7 Å². The predicted octanol–water partition coefficient (Wildman–Crippen LogP) is 2.78. The van der Waals surface area contributed by atoms with E-state index in [2.05, 4.69) is 31.6 Å². The zero-order valence-electron chi connectivity index (χ0n) is 14.1. The summed E-state index contributed by atoms with van der Waals surface area (Å²) in [4.78, 5) is 4.20. The van der Waals surface area contributed by atoms with E-state index in [-0.39, 0.29) is 30.0 Å². The lowest BCUT2D eigenvalue weighted by atomic mass is 10.2. The molecule has 0 aliphatic rings. The van der Waals surface area contributed by atoms with Gasteiger partial charge in [-0.25, -0.2) is 0 Å². The molecule has 0 radical (unpaired) electrons. The molecule has 1 aromatic carbocycles. The lowest BCUT2D eigenvalue weighted by molar-refractivity contribution is 0.179. The summed E-state index contributed by atoms with van der Waals surface area (Å²) in [5.41, 5.74) is 1.05. The topological polar surface area (TPSA) is 64.1 Å². The van der Waals surface area contributed by atoms with Crippen molar-refractivity contribution in [2.24, 2.45) is 4.99 Å². The number of hydrogen-bond acceptors (Lipinski definition) is 4. The van der Waals surface area contributed by atoms with Crippen molar-refractivity contribution in [2.75, 3.05) is 35.0 Å². The Balaban J connectivity index is 0.00000484. The quantitative estimate of drug-likeness (QED) is 0.341. The number of nitrogens with one attached hydrogen (secondary N) is 2. The summed E-state index contributed by atoms with van der Waals surface area (Å²) in [5.74, 6) is 2.09. The van der Waals surface area contributed by atoms with Crippen LogP contribution in [-0.2, 0) is 11.3 Å². The molecule has 2 N–H and O–H groups in total. The summed E-state index contributed by atoms with van der Waals surface area (Å²) in [7, 11) is 6.65. The first kappa shape index (κ1) is 22.3. The highest BCUT2D eigenvalue weighted by Gasteiger charge is 2.11. The Morgan fingerprint density at radius 2 is 1.96 bits per heavy atom. The lowest BCUT2D eigenvalue weighted by Crippen LogP contribution is -2.43. The van der Waals surface area contributed by atoms with Crippen LogP contribution in [0.1, 0.15) is 12.5 Å². The third kappa shape index (κ3) is 7.13. The van der Waals surface area contributed by atoms with Gasteiger partial charge in [0.2, 0.25) is 0 Å². The minimum absolute atomic E-state index is 0. The van der Waals surface area contributed by atoms with Crippen molar-refractivity contribution in [1.82, 2.24) is 10.6 Å². The molecule has 0 heterocycles. The molecule has 0 bridgehead atoms. The highest BCUT2D eigenvalue weighted by Crippen LogP contribution is 2.36. The van der Waals surface area contributed by atoms with Crippen LogP contribution < -0.4 is 20.1 Å². The van der Waals surface area contributed by atoms with E-state index in [9.17, 15) is 0 Å². The van der Waals surface area contributed by atoms with Gasteiger partial charge in [-0.2, -0.15) is 0 Å². The fourth-order valence-electron chi connectivity index (χ4n) is 1.98. The summed E-state index contributed by atoms with van der Waals surface area (Å²) >= 11 is 3.49. The first-order valence-corrected chi connectivity index (χ1v) is 7.71. The molecule has 6 nitrogen and oxygen atoms in total. The smallest absolute Gasteiger partial charge is 0.191 e. The first-order chi connectivity index (χ1) is 10.5. The number of rotatable bonds is 7. The summed E-state index contributed by atoms with van der Waals surface area (Å²) in [5, 5.41) is 6.51. The standard InChI is InChI=1S/C15H24BrN3O3.HI/c1-10(9-20-3)19-15(17-2)18-8-11-6-12(16)14(22-5)13(7-11)21-4;/h6-7,10H,8-9H2,1-5H3,(H2,17,18,19);1H. The zero-order valence-corrected chi connectivity index (χ0v) is 18.0. The normalized spacial score (nSPS) is 12.2. The number of nitrogens with zero attached hydrogens (tertiary/aromatic N) is 1. The molecule has 0 aromatic heterocycles. The van der Waals surface area contributed by atoms with Crippen molar-refractivity contribution in [3.05, 3.63) is 22.2 Å². The number of ether oxygens (including phenoxy) is 3. The molecule has 132 valence electrons. The van der Waals surface area contributed by atoms with Gasteiger partial charge >= 0.3 is 0 Å². The molecule has 1 rings (SSSR count). The largest absolute Gasteiger partial charge is 0.493 e. The molecule has 0 saturated heterocycles. The van der Waals surface area contributed by atoms with E-state index in [4.69, 9.17) is 14.2 Å². The van der Waals surface area contributed by atoms with Gasteiger partial charge in [-0.15, -0.1) is 24.0 Å². The fraction of sp³-hybridized carbons (Fsp3) is 0.533. The second-order valence-electron chi connectivity index (χ2n) is 4.74. The second-order valence-corrected chi connectivity index (χ2v) is 5.59. The number of methoxy groups -OCH3 is 3. The summed E-state index contributed by atoms with van der Waals surface area (Å²) in [6.45, 7) is 3.25. The Kier molecular flexibility index (Phi) is 11.4. The monoisotopic (exact) mass is 501 g/mol. The molecule has 0 fully saturated rings. The molecular weight excluding hydrogens is 477 g/mol. The molecule has 0 saturated carbocycles. The highest BCUT2D eigenvalue weighted by atomic mass is 127. The van der Waals surface area contributed by atoms with Gasteiger partial charge in [0.15, 0.2) is 17.5 Å². The van der Waals surface area contributed by atoms with Gasteiger partial charge < -0.3 is 24.8 Å². The first-order valence-electron chi connectivity index (χ1n) is 6.92. The van der Waals surface area contributed by atoms with Crippen LogP contribution in [0.25, 0.3) is 0 Å². The van der Waals surface area contributed by atoms with Gasteiger partial charge in [0, 0.05) is 26.7 Å². The van der Waals surface area contributed by atoms with E-state index in [1.807, 2.05) is 19.1 Å². The van der Waals surface area contributed by atoms with Crippen molar-refractivity contribution in [3.63, 3.8) is 0 Å². The molecular formula is C15H25BrIN3O3. The Bertz CT molecular complexity index is 515. The third-order valence-electron chi connectivity index (χ3n) is 2.98. The van der Waals surface area contributed by atoms with Crippen LogP contribution in [0.3, 0.4) is 0 Å². The van der Waals surface area contributed by atoms with Gasteiger partial charge in [0.25, 0.3) is 0 Å². The van der Waals surface area contributed by atoms with E-state index in [1.54, 1.807) is 28.4 Å². The van der Waals surface area contributed by atoms with E-state index < -0.39 is 0 Å². The molecule has 0 amide bonds. The average Bonchev–Trinajstić information content (AvgIpc) is 2.50. The van der Waals surface area contributed by atoms with Crippen LogP contribution in [0.2, 0.25) is 0 Å². The maximum atomic E-state index is 5.34. The number of aliphatic imine (C=N–C) groups is 1. The minimum Gasteiger partial charge on any atom is -0.493 e. The molecule has 1 aromatic rings. The van der Waals surface area contributed by atoms with Crippen molar-refractivity contribution >= 4 is 45.9 Å². The summed E-state index contributed by atoms with van der Waals surface area (Å²) in [6, 6.07) is 4.09. The molecule has 0 spiro atoms. The van der Waals surface area contributed by atoms with Crippen LogP contribution in [0.15, 0.2) is 21.6 Å². The SMILES string of the molecule is CN=C(NCc1cc(Br)c(OC)c(OC)c1)NC(C)COC.I. The van der Waals surface area contributed by atoms with Gasteiger partial charge in [-0.05, 0) is 40.5 Å². The van der Waals surface area contributed by atoms with Crippen LogP contribution in [0.5, 0.6) is 11.5 Å². The van der Waals surface area contributed by atoms with E-state index in [1.165, 1.54) is 0 Å². The molecule has 1 unspecified atom stereocenters. The summed E-state index contributed by atoms with van der Waals surface area (Å²) in [6.07, 6.45) is 0. The van der Waals surface area contributed by atoms with E-state index >= 15 is 0 Å². The van der Waals surface area contributed by atoms with E-state index in [0.717, 1.165) is 16.0 Å². The third-order valence-corrected chi connectivity index (χ3v) is 3.57. The fourth-order valence-corrected chi connectivity index (χ4v) is 2.63. The van der Waals surface area contributed by atoms with Gasteiger partial charge in [-0.3, -0.25) is 4.99 Å². The maximum absolute atomic E-state index is 5.34. The van der Waals surface area contributed by atoms with Crippen LogP contribution in [0, 0.1) is 0 Å². The Morgan fingerprint density at radius 1 is 1.26 bits per heavy atom. The summed E-state index contributed by atoms with van der Waals surface area (Å²) < 4.78 is 16.6. The van der Waals surface area contributed by atoms with Crippen molar-refractivity contribution in [2.45, 2.75) is 19.5 Å². The predicted molar refractivity (Wildman–Crippen MR) is 107 cm³/mol.